The molecule has 1 aliphatic heterocycles. The van der Waals surface area contributed by atoms with Crippen molar-refractivity contribution in [1.82, 2.24) is 15.2 Å². The monoisotopic (exact) mass is 341 g/mol. The Bertz CT molecular complexity index is 794. The van der Waals surface area contributed by atoms with Crippen molar-refractivity contribution < 1.29 is 14.0 Å². The van der Waals surface area contributed by atoms with E-state index in [4.69, 9.17) is 0 Å². The van der Waals surface area contributed by atoms with Crippen LogP contribution in [-0.4, -0.2) is 28.2 Å². The molecule has 25 heavy (non-hydrogen) atoms. The summed E-state index contributed by atoms with van der Waals surface area (Å²) in [5.74, 6) is -0.940. The molecule has 1 atom stereocenters. The van der Waals surface area contributed by atoms with Crippen LogP contribution >= 0.6 is 0 Å². The minimum atomic E-state index is -0.509. The third kappa shape index (κ3) is 3.84. The summed E-state index contributed by atoms with van der Waals surface area (Å²) in [6, 6.07) is 11.4. The lowest BCUT2D eigenvalue weighted by Gasteiger charge is -2.25. The molecule has 1 unspecified atom stereocenters. The number of amides is 2. The first-order chi connectivity index (χ1) is 12.1. The number of pyridine rings is 1. The quantitative estimate of drug-likeness (QED) is 0.930. The second-order valence-electron chi connectivity index (χ2n) is 6.10. The van der Waals surface area contributed by atoms with Gasteiger partial charge in [0, 0.05) is 13.5 Å². The number of rotatable bonds is 4. The molecular formula is C19H20FN3O2. The first-order valence-corrected chi connectivity index (χ1v) is 8.32. The molecule has 2 heterocycles. The fourth-order valence-electron chi connectivity index (χ4n) is 3.10. The molecule has 0 bridgehead atoms. The maximum Gasteiger partial charge on any atom is 0.257 e. The van der Waals surface area contributed by atoms with Crippen molar-refractivity contribution in [2.75, 3.05) is 6.54 Å². The van der Waals surface area contributed by atoms with Crippen molar-refractivity contribution in [2.24, 2.45) is 0 Å². The summed E-state index contributed by atoms with van der Waals surface area (Å²) in [6.45, 7) is 2.38. The third-order valence-electron chi connectivity index (χ3n) is 4.31. The molecule has 1 saturated heterocycles. The number of hydrogen-bond donors (Lipinski definition) is 1. The number of nitrogens with zero attached hydrogens (tertiary/aromatic N) is 2. The average molecular weight is 341 g/mol. The van der Waals surface area contributed by atoms with Crippen molar-refractivity contribution in [2.45, 2.75) is 32.4 Å². The average Bonchev–Trinajstić information content (AvgIpc) is 3.10. The smallest absolute Gasteiger partial charge is 0.257 e. The van der Waals surface area contributed by atoms with Gasteiger partial charge < -0.3 is 10.2 Å². The Kier molecular flexibility index (Phi) is 5.07. The topological polar surface area (TPSA) is 62.3 Å². The number of aromatic nitrogens is 1. The van der Waals surface area contributed by atoms with Crippen LogP contribution in [0.15, 0.2) is 42.5 Å². The number of nitrogens with one attached hydrogen (secondary N) is 1. The number of benzene rings is 1. The SMILES string of the molecule is CC(=O)NCc1cccc(C2CCCN2C(=O)c2ccccc2F)n1. The van der Waals surface area contributed by atoms with E-state index in [0.717, 1.165) is 24.2 Å². The van der Waals surface area contributed by atoms with Crippen molar-refractivity contribution >= 4 is 11.8 Å². The summed E-state index contributed by atoms with van der Waals surface area (Å²) in [4.78, 5) is 30.1. The van der Waals surface area contributed by atoms with Crippen LogP contribution in [-0.2, 0) is 11.3 Å². The van der Waals surface area contributed by atoms with Crippen molar-refractivity contribution in [3.05, 3.63) is 65.2 Å². The molecule has 1 N–H and O–H groups in total. The van der Waals surface area contributed by atoms with Crippen molar-refractivity contribution in [3.8, 4) is 0 Å². The Balaban J connectivity index is 1.82. The summed E-state index contributed by atoms with van der Waals surface area (Å²) in [6.07, 6.45) is 1.64. The molecule has 0 saturated carbocycles. The zero-order valence-corrected chi connectivity index (χ0v) is 14.0. The molecule has 3 rings (SSSR count). The maximum absolute atomic E-state index is 14.0. The van der Waals surface area contributed by atoms with Gasteiger partial charge in [0.1, 0.15) is 5.82 Å². The lowest BCUT2D eigenvalue weighted by Crippen LogP contribution is -2.31. The van der Waals surface area contributed by atoms with E-state index in [1.807, 2.05) is 18.2 Å². The van der Waals surface area contributed by atoms with Gasteiger partial charge in [-0.25, -0.2) is 4.39 Å². The van der Waals surface area contributed by atoms with Gasteiger partial charge in [0.15, 0.2) is 0 Å². The zero-order chi connectivity index (χ0) is 17.8. The van der Waals surface area contributed by atoms with Crippen LogP contribution in [0.1, 0.15) is 47.6 Å². The number of hydrogen-bond acceptors (Lipinski definition) is 3. The normalized spacial score (nSPS) is 16.7. The van der Waals surface area contributed by atoms with Crippen LogP contribution < -0.4 is 5.32 Å². The summed E-state index contributed by atoms with van der Waals surface area (Å²) in [7, 11) is 0. The third-order valence-corrected chi connectivity index (χ3v) is 4.31. The highest BCUT2D eigenvalue weighted by Gasteiger charge is 2.32. The van der Waals surface area contributed by atoms with Crippen LogP contribution in [0.25, 0.3) is 0 Å². The van der Waals surface area contributed by atoms with E-state index in [2.05, 4.69) is 10.3 Å². The largest absolute Gasteiger partial charge is 0.351 e. The molecule has 1 aromatic carbocycles. The minimum absolute atomic E-state index is 0.0869. The second kappa shape index (κ2) is 7.42. The van der Waals surface area contributed by atoms with Crippen LogP contribution in [0, 0.1) is 5.82 Å². The highest BCUT2D eigenvalue weighted by molar-refractivity contribution is 5.94. The van der Waals surface area contributed by atoms with Gasteiger partial charge in [-0.3, -0.25) is 14.6 Å². The highest BCUT2D eigenvalue weighted by Crippen LogP contribution is 2.32. The number of carbonyl (C=O) groups excluding carboxylic acids is 2. The molecule has 1 aliphatic rings. The predicted octanol–water partition coefficient (Wildman–Crippen LogP) is 2.83. The van der Waals surface area contributed by atoms with Gasteiger partial charge in [-0.05, 0) is 37.1 Å². The molecule has 0 spiro atoms. The van der Waals surface area contributed by atoms with E-state index in [1.54, 1.807) is 17.0 Å². The van der Waals surface area contributed by atoms with Gasteiger partial charge >= 0.3 is 0 Å². The lowest BCUT2D eigenvalue weighted by atomic mass is 10.1. The Labute approximate surface area is 145 Å². The van der Waals surface area contributed by atoms with Gasteiger partial charge in [-0.1, -0.05) is 18.2 Å². The fraction of sp³-hybridized carbons (Fsp3) is 0.316. The van der Waals surface area contributed by atoms with E-state index < -0.39 is 5.82 Å². The van der Waals surface area contributed by atoms with Crippen molar-refractivity contribution in [1.29, 1.82) is 0 Å². The van der Waals surface area contributed by atoms with Gasteiger partial charge in [-0.2, -0.15) is 0 Å². The van der Waals surface area contributed by atoms with Crippen LogP contribution in [0.2, 0.25) is 0 Å². The Hall–Kier alpha value is -2.76. The minimum Gasteiger partial charge on any atom is -0.351 e. The van der Waals surface area contributed by atoms with Crippen molar-refractivity contribution in [3.63, 3.8) is 0 Å². The molecule has 2 aromatic rings. The zero-order valence-electron chi connectivity index (χ0n) is 14.0. The van der Waals surface area contributed by atoms with E-state index in [1.165, 1.54) is 19.1 Å². The van der Waals surface area contributed by atoms with E-state index in [-0.39, 0.29) is 23.4 Å². The summed E-state index contributed by atoms with van der Waals surface area (Å²) in [5, 5.41) is 2.72. The highest BCUT2D eigenvalue weighted by atomic mass is 19.1. The van der Waals surface area contributed by atoms with Gasteiger partial charge in [0.05, 0.1) is 29.5 Å². The number of halogens is 1. The molecule has 0 radical (unpaired) electrons. The van der Waals surface area contributed by atoms with E-state index >= 15 is 0 Å². The molecule has 5 nitrogen and oxygen atoms in total. The molecule has 130 valence electrons. The van der Waals surface area contributed by atoms with Gasteiger partial charge in [0.2, 0.25) is 5.91 Å². The Morgan fingerprint density at radius 3 is 2.80 bits per heavy atom. The van der Waals surface area contributed by atoms with Gasteiger partial charge in [0.25, 0.3) is 5.91 Å². The lowest BCUT2D eigenvalue weighted by molar-refractivity contribution is -0.119. The fourth-order valence-corrected chi connectivity index (χ4v) is 3.10. The molecule has 6 heteroatoms. The second-order valence-corrected chi connectivity index (χ2v) is 6.10. The van der Waals surface area contributed by atoms with Gasteiger partial charge in [-0.15, -0.1) is 0 Å². The summed E-state index contributed by atoms with van der Waals surface area (Å²) >= 11 is 0. The standard InChI is InChI=1S/C19H20FN3O2/c1-13(24)21-12-14-6-4-9-17(22-14)18-10-5-11-23(18)19(25)15-7-2-3-8-16(15)20/h2-4,6-9,18H,5,10-12H2,1H3,(H,21,24). The summed E-state index contributed by atoms with van der Waals surface area (Å²) < 4.78 is 14.0. The maximum atomic E-state index is 14.0. The number of likely N-dealkylation sites (tertiary alicyclic amines) is 1. The molecule has 2 amide bonds. The Morgan fingerprint density at radius 1 is 1.24 bits per heavy atom. The molecule has 0 aliphatic carbocycles. The van der Waals surface area contributed by atoms with Crippen LogP contribution in [0.3, 0.4) is 0 Å². The predicted molar refractivity (Wildman–Crippen MR) is 91.2 cm³/mol. The first kappa shape index (κ1) is 17.1. The van der Waals surface area contributed by atoms with E-state index in [0.29, 0.717) is 13.1 Å². The molecular weight excluding hydrogens is 321 g/mol. The Morgan fingerprint density at radius 2 is 2.04 bits per heavy atom. The first-order valence-electron chi connectivity index (χ1n) is 8.32. The van der Waals surface area contributed by atoms with E-state index in [9.17, 15) is 14.0 Å². The molecule has 1 fully saturated rings. The van der Waals surface area contributed by atoms with Crippen LogP contribution in [0.5, 0.6) is 0 Å². The summed E-state index contributed by atoms with van der Waals surface area (Å²) in [5.41, 5.74) is 1.59. The molecule has 1 aromatic heterocycles. The number of carbonyl (C=O) groups is 2. The van der Waals surface area contributed by atoms with Crippen LogP contribution in [0.4, 0.5) is 4.39 Å².